The molecule has 1 aromatic carbocycles. The molecule has 0 saturated carbocycles. The molecule has 1 saturated heterocycles. The molecule has 3 heteroatoms. The largest absolute Gasteiger partial charge is 0.379 e. The van der Waals surface area contributed by atoms with Gasteiger partial charge in [0, 0.05) is 31.4 Å². The van der Waals surface area contributed by atoms with Crippen molar-refractivity contribution in [3.8, 4) is 0 Å². The van der Waals surface area contributed by atoms with Gasteiger partial charge in [-0.1, -0.05) is 18.2 Å². The minimum Gasteiger partial charge on any atom is -0.379 e. The predicted octanol–water partition coefficient (Wildman–Crippen LogP) is 3.06. The summed E-state index contributed by atoms with van der Waals surface area (Å²) in [6, 6.07) is 11.4. The number of hydrogen-bond acceptors (Lipinski definition) is 3. The van der Waals surface area contributed by atoms with E-state index in [9.17, 15) is 0 Å². The van der Waals surface area contributed by atoms with Gasteiger partial charge in [-0.15, -0.1) is 0 Å². The highest BCUT2D eigenvalue weighted by Crippen LogP contribution is 2.19. The molecule has 3 nitrogen and oxygen atoms in total. The molecule has 0 spiro atoms. The zero-order chi connectivity index (χ0) is 14.2. The van der Waals surface area contributed by atoms with Gasteiger partial charge in [-0.3, -0.25) is 0 Å². The number of rotatable bonds is 7. The molecular weight excluding hydrogens is 248 g/mol. The number of anilines is 1. The Kier molecular flexibility index (Phi) is 6.34. The molecule has 0 aromatic heterocycles. The molecule has 1 aromatic rings. The summed E-state index contributed by atoms with van der Waals surface area (Å²) in [6.07, 6.45) is 3.93. The summed E-state index contributed by atoms with van der Waals surface area (Å²) in [5.41, 5.74) is 1.36. The van der Waals surface area contributed by atoms with Crippen LogP contribution in [-0.4, -0.2) is 38.4 Å². The lowest BCUT2D eigenvalue weighted by Crippen LogP contribution is -2.43. The van der Waals surface area contributed by atoms with Gasteiger partial charge >= 0.3 is 0 Å². The Balaban J connectivity index is 1.60. The molecule has 2 rings (SSSR count). The van der Waals surface area contributed by atoms with Crippen molar-refractivity contribution in [2.45, 2.75) is 45.3 Å². The van der Waals surface area contributed by atoms with E-state index < -0.39 is 0 Å². The van der Waals surface area contributed by atoms with Crippen molar-refractivity contribution in [3.63, 3.8) is 0 Å². The number of benzene rings is 1. The molecule has 0 atom stereocenters. The second kappa shape index (κ2) is 8.28. The zero-order valence-electron chi connectivity index (χ0n) is 12.8. The highest BCUT2D eigenvalue weighted by Gasteiger charge is 2.18. The van der Waals surface area contributed by atoms with Crippen LogP contribution in [0.25, 0.3) is 0 Å². The minimum absolute atomic E-state index is 0.351. The summed E-state index contributed by atoms with van der Waals surface area (Å²) in [5, 5.41) is 3.66. The van der Waals surface area contributed by atoms with E-state index in [0.717, 1.165) is 32.7 Å². The van der Waals surface area contributed by atoms with Crippen molar-refractivity contribution in [1.82, 2.24) is 5.32 Å². The van der Waals surface area contributed by atoms with Gasteiger partial charge in [-0.05, 0) is 51.8 Å². The van der Waals surface area contributed by atoms with Gasteiger partial charge < -0.3 is 15.0 Å². The molecule has 0 radical (unpaired) electrons. The molecule has 20 heavy (non-hydrogen) atoms. The monoisotopic (exact) mass is 276 g/mol. The molecule has 1 heterocycles. The number of piperidine rings is 1. The summed E-state index contributed by atoms with van der Waals surface area (Å²) in [6.45, 7) is 8.43. The topological polar surface area (TPSA) is 24.5 Å². The Morgan fingerprint density at radius 3 is 2.55 bits per heavy atom. The van der Waals surface area contributed by atoms with Crippen LogP contribution in [0.2, 0.25) is 0 Å². The van der Waals surface area contributed by atoms with E-state index >= 15 is 0 Å². The predicted molar refractivity (Wildman–Crippen MR) is 85.4 cm³/mol. The van der Waals surface area contributed by atoms with E-state index in [2.05, 4.69) is 54.4 Å². The molecule has 0 amide bonds. The third-order valence-electron chi connectivity index (χ3n) is 3.82. The second-order valence-corrected chi connectivity index (χ2v) is 5.82. The Bertz CT molecular complexity index is 359. The van der Waals surface area contributed by atoms with Crippen LogP contribution < -0.4 is 10.2 Å². The maximum Gasteiger partial charge on any atom is 0.0518 e. The van der Waals surface area contributed by atoms with E-state index in [1.807, 2.05) is 0 Å². The van der Waals surface area contributed by atoms with E-state index in [1.54, 1.807) is 0 Å². The SMILES string of the molecule is CC(C)OCCCNC1CCN(c2ccccc2)CC1. The average molecular weight is 276 g/mol. The fraction of sp³-hybridized carbons (Fsp3) is 0.647. The van der Waals surface area contributed by atoms with Gasteiger partial charge in [0.05, 0.1) is 6.10 Å². The maximum absolute atomic E-state index is 5.56. The van der Waals surface area contributed by atoms with Crippen molar-refractivity contribution < 1.29 is 4.74 Å². The molecule has 0 bridgehead atoms. The van der Waals surface area contributed by atoms with E-state index in [4.69, 9.17) is 4.74 Å². The van der Waals surface area contributed by atoms with Gasteiger partial charge in [-0.25, -0.2) is 0 Å². The normalized spacial score (nSPS) is 16.9. The Hall–Kier alpha value is -1.06. The van der Waals surface area contributed by atoms with Crippen LogP contribution in [0.4, 0.5) is 5.69 Å². The zero-order valence-corrected chi connectivity index (χ0v) is 12.8. The van der Waals surface area contributed by atoms with Gasteiger partial charge in [0.15, 0.2) is 0 Å². The van der Waals surface area contributed by atoms with Gasteiger partial charge in [0.2, 0.25) is 0 Å². The van der Waals surface area contributed by atoms with Crippen molar-refractivity contribution >= 4 is 5.69 Å². The van der Waals surface area contributed by atoms with Crippen LogP contribution in [0.5, 0.6) is 0 Å². The highest BCUT2D eigenvalue weighted by atomic mass is 16.5. The van der Waals surface area contributed by atoms with Crippen LogP contribution in [-0.2, 0) is 4.74 Å². The van der Waals surface area contributed by atoms with Crippen molar-refractivity contribution in [2.24, 2.45) is 0 Å². The third kappa shape index (κ3) is 5.14. The first-order valence-electron chi connectivity index (χ1n) is 7.90. The summed E-state index contributed by atoms with van der Waals surface area (Å²) in [5.74, 6) is 0. The first-order chi connectivity index (χ1) is 9.75. The lowest BCUT2D eigenvalue weighted by Gasteiger charge is -2.34. The Morgan fingerprint density at radius 1 is 1.20 bits per heavy atom. The van der Waals surface area contributed by atoms with Crippen molar-refractivity contribution in [1.29, 1.82) is 0 Å². The fourth-order valence-corrected chi connectivity index (χ4v) is 2.68. The molecule has 0 aliphatic carbocycles. The minimum atomic E-state index is 0.351. The van der Waals surface area contributed by atoms with Crippen LogP contribution in [0, 0.1) is 0 Å². The summed E-state index contributed by atoms with van der Waals surface area (Å²) >= 11 is 0. The lowest BCUT2D eigenvalue weighted by molar-refractivity contribution is 0.0765. The molecule has 1 aliphatic rings. The number of ether oxygens (including phenoxy) is 1. The van der Waals surface area contributed by atoms with E-state index in [0.29, 0.717) is 12.1 Å². The Morgan fingerprint density at radius 2 is 1.90 bits per heavy atom. The summed E-state index contributed by atoms with van der Waals surface area (Å²) in [7, 11) is 0. The van der Waals surface area contributed by atoms with Gasteiger partial charge in [0.25, 0.3) is 0 Å². The second-order valence-electron chi connectivity index (χ2n) is 5.82. The standard InChI is InChI=1S/C17H28N2O/c1-15(2)20-14-6-11-18-16-9-12-19(13-10-16)17-7-4-3-5-8-17/h3-5,7-8,15-16,18H,6,9-14H2,1-2H3. The number of nitrogens with one attached hydrogen (secondary N) is 1. The number of hydrogen-bond donors (Lipinski definition) is 1. The molecule has 0 unspecified atom stereocenters. The summed E-state index contributed by atoms with van der Waals surface area (Å²) < 4.78 is 5.56. The van der Waals surface area contributed by atoms with Gasteiger partial charge in [-0.2, -0.15) is 0 Å². The maximum atomic E-state index is 5.56. The number of nitrogens with zero attached hydrogens (tertiary/aromatic N) is 1. The highest BCUT2D eigenvalue weighted by molar-refractivity contribution is 5.46. The summed E-state index contributed by atoms with van der Waals surface area (Å²) in [4.78, 5) is 2.49. The first kappa shape index (κ1) is 15.3. The third-order valence-corrected chi connectivity index (χ3v) is 3.82. The van der Waals surface area contributed by atoms with E-state index in [-0.39, 0.29) is 0 Å². The first-order valence-corrected chi connectivity index (χ1v) is 7.90. The van der Waals surface area contributed by atoms with Crippen LogP contribution >= 0.6 is 0 Å². The average Bonchev–Trinajstić information content (AvgIpc) is 2.48. The molecule has 1 fully saturated rings. The van der Waals surface area contributed by atoms with Crippen molar-refractivity contribution in [2.75, 3.05) is 31.1 Å². The molecule has 112 valence electrons. The quantitative estimate of drug-likeness (QED) is 0.775. The van der Waals surface area contributed by atoms with Crippen LogP contribution in [0.15, 0.2) is 30.3 Å². The van der Waals surface area contributed by atoms with Gasteiger partial charge in [0.1, 0.15) is 0 Å². The molecular formula is C17H28N2O. The van der Waals surface area contributed by atoms with Crippen LogP contribution in [0.1, 0.15) is 33.1 Å². The fourth-order valence-electron chi connectivity index (χ4n) is 2.68. The lowest BCUT2D eigenvalue weighted by atomic mass is 10.0. The smallest absolute Gasteiger partial charge is 0.0518 e. The Labute approximate surface area is 123 Å². The van der Waals surface area contributed by atoms with E-state index in [1.165, 1.54) is 18.5 Å². The van der Waals surface area contributed by atoms with Crippen molar-refractivity contribution in [3.05, 3.63) is 30.3 Å². The molecule has 1 N–H and O–H groups in total. The molecule has 1 aliphatic heterocycles. The van der Waals surface area contributed by atoms with Crippen LogP contribution in [0.3, 0.4) is 0 Å². The number of para-hydroxylation sites is 1.